The van der Waals surface area contributed by atoms with Crippen molar-refractivity contribution in [1.82, 2.24) is 10.6 Å². The van der Waals surface area contributed by atoms with Gasteiger partial charge in [-0.3, -0.25) is 20.2 Å². The van der Waals surface area contributed by atoms with Crippen LogP contribution in [-0.2, 0) is 4.79 Å². The second-order valence-electron chi connectivity index (χ2n) is 8.06. The highest BCUT2D eigenvalue weighted by molar-refractivity contribution is 7.80. The molecule has 0 aliphatic heterocycles. The first-order chi connectivity index (χ1) is 12.6. The van der Waals surface area contributed by atoms with E-state index in [0.717, 1.165) is 31.6 Å². The molecule has 0 atom stereocenters. The van der Waals surface area contributed by atoms with Crippen molar-refractivity contribution in [2.24, 2.45) is 11.3 Å². The summed E-state index contributed by atoms with van der Waals surface area (Å²) in [5.41, 5.74) is 1.06. The van der Waals surface area contributed by atoms with Crippen LogP contribution in [0.5, 0.6) is 0 Å². The van der Waals surface area contributed by atoms with E-state index in [-0.39, 0.29) is 11.6 Å². The third-order valence-corrected chi connectivity index (χ3v) is 5.27. The monoisotopic (exact) mass is 389 g/mol. The van der Waals surface area contributed by atoms with E-state index in [1.807, 2.05) is 0 Å². The highest BCUT2D eigenvalue weighted by atomic mass is 32.1. The minimum atomic E-state index is -0.459. The van der Waals surface area contributed by atoms with Crippen molar-refractivity contribution in [2.75, 3.05) is 0 Å². The molecular weight excluding hydrogens is 362 g/mol. The largest absolute Gasteiger partial charge is 0.360 e. The van der Waals surface area contributed by atoms with Gasteiger partial charge in [0.2, 0.25) is 5.91 Å². The maximum atomic E-state index is 12.0. The second-order valence-corrected chi connectivity index (χ2v) is 8.47. The standard InChI is InChI=1S/C20H27N3O3S/c1-20(2,3)15-7-9-16(10-8-15)21-19(27)22-18(24)13-6-14-4-11-17(12-5-14)23(25)26/h4-6,11-13,15-16H,7-10H2,1-3H3,(H2,21,22,24,27)/b13-6+. The van der Waals surface area contributed by atoms with Gasteiger partial charge in [0, 0.05) is 24.3 Å². The molecule has 0 bridgehead atoms. The smallest absolute Gasteiger partial charge is 0.269 e. The Balaban J connectivity index is 1.77. The molecule has 2 rings (SSSR count). The van der Waals surface area contributed by atoms with Gasteiger partial charge < -0.3 is 5.32 Å². The van der Waals surface area contributed by atoms with E-state index >= 15 is 0 Å². The van der Waals surface area contributed by atoms with Crippen molar-refractivity contribution in [3.8, 4) is 0 Å². The predicted octanol–water partition coefficient (Wildman–Crippen LogP) is 4.20. The van der Waals surface area contributed by atoms with Crippen LogP contribution in [0.2, 0.25) is 0 Å². The van der Waals surface area contributed by atoms with Gasteiger partial charge >= 0.3 is 0 Å². The lowest BCUT2D eigenvalue weighted by molar-refractivity contribution is -0.384. The normalized spacial score (nSPS) is 20.3. The number of hydrogen-bond donors (Lipinski definition) is 2. The first-order valence-electron chi connectivity index (χ1n) is 9.19. The fourth-order valence-electron chi connectivity index (χ4n) is 3.36. The molecular formula is C20H27N3O3S. The Morgan fingerprint density at radius 3 is 2.30 bits per heavy atom. The maximum absolute atomic E-state index is 12.0. The number of carbonyl (C=O) groups excluding carboxylic acids is 1. The molecule has 0 radical (unpaired) electrons. The van der Waals surface area contributed by atoms with Gasteiger partial charge in [-0.05, 0) is 73.0 Å². The van der Waals surface area contributed by atoms with Gasteiger partial charge in [0.1, 0.15) is 0 Å². The summed E-state index contributed by atoms with van der Waals surface area (Å²) in [6, 6.07) is 6.28. The predicted molar refractivity (Wildman–Crippen MR) is 111 cm³/mol. The second kappa shape index (κ2) is 9.08. The lowest BCUT2D eigenvalue weighted by atomic mass is 9.71. The van der Waals surface area contributed by atoms with Crippen LogP contribution < -0.4 is 10.6 Å². The molecule has 7 heteroatoms. The molecule has 1 aromatic rings. The van der Waals surface area contributed by atoms with Crippen molar-refractivity contribution < 1.29 is 9.72 Å². The van der Waals surface area contributed by atoms with Crippen LogP contribution in [0.3, 0.4) is 0 Å². The fourth-order valence-corrected chi connectivity index (χ4v) is 3.63. The summed E-state index contributed by atoms with van der Waals surface area (Å²) < 4.78 is 0. The third-order valence-electron chi connectivity index (χ3n) is 5.05. The Labute approximate surface area is 165 Å². The van der Waals surface area contributed by atoms with Gasteiger partial charge in [0.05, 0.1) is 4.92 Å². The Hall–Kier alpha value is -2.28. The molecule has 0 spiro atoms. The Bertz CT molecular complexity index is 715. The van der Waals surface area contributed by atoms with Gasteiger partial charge in [-0.1, -0.05) is 20.8 Å². The van der Waals surface area contributed by atoms with E-state index in [9.17, 15) is 14.9 Å². The zero-order valence-corrected chi connectivity index (χ0v) is 16.8. The number of carbonyl (C=O) groups is 1. The van der Waals surface area contributed by atoms with Crippen LogP contribution in [0.1, 0.15) is 52.0 Å². The van der Waals surface area contributed by atoms with Gasteiger partial charge in [-0.25, -0.2) is 0 Å². The molecule has 0 heterocycles. The molecule has 1 aliphatic carbocycles. The van der Waals surface area contributed by atoms with E-state index in [1.165, 1.54) is 18.2 Å². The summed E-state index contributed by atoms with van der Waals surface area (Å²) in [7, 11) is 0. The third kappa shape index (κ3) is 6.75. The molecule has 0 unspecified atom stereocenters. The quantitative estimate of drug-likeness (QED) is 0.349. The minimum Gasteiger partial charge on any atom is -0.360 e. The first kappa shape index (κ1) is 21.0. The van der Waals surface area contributed by atoms with Crippen molar-refractivity contribution in [1.29, 1.82) is 0 Å². The lowest BCUT2D eigenvalue weighted by Gasteiger charge is -2.37. The molecule has 1 fully saturated rings. The number of nitro groups is 1. The van der Waals surface area contributed by atoms with Gasteiger partial charge in [0.15, 0.2) is 5.11 Å². The molecule has 0 saturated heterocycles. The van der Waals surface area contributed by atoms with Crippen LogP contribution in [-0.4, -0.2) is 22.0 Å². The van der Waals surface area contributed by atoms with Gasteiger partial charge in [0.25, 0.3) is 5.69 Å². The number of rotatable bonds is 4. The summed E-state index contributed by atoms with van der Waals surface area (Å²) in [5, 5.41) is 16.9. The topological polar surface area (TPSA) is 84.3 Å². The minimum absolute atomic E-state index is 0.0168. The van der Waals surface area contributed by atoms with E-state index < -0.39 is 4.92 Å². The van der Waals surface area contributed by atoms with Crippen LogP contribution in [0.15, 0.2) is 30.3 Å². The van der Waals surface area contributed by atoms with Gasteiger partial charge in [-0.2, -0.15) is 0 Å². The van der Waals surface area contributed by atoms with Crippen molar-refractivity contribution in [3.63, 3.8) is 0 Å². The van der Waals surface area contributed by atoms with E-state index in [1.54, 1.807) is 18.2 Å². The summed E-state index contributed by atoms with van der Waals surface area (Å²) in [6.45, 7) is 6.86. The molecule has 27 heavy (non-hydrogen) atoms. The molecule has 1 aliphatic rings. The number of benzene rings is 1. The Morgan fingerprint density at radius 1 is 1.19 bits per heavy atom. The van der Waals surface area contributed by atoms with Crippen molar-refractivity contribution in [3.05, 3.63) is 46.0 Å². The van der Waals surface area contributed by atoms with E-state index in [0.29, 0.717) is 22.1 Å². The zero-order chi connectivity index (χ0) is 20.0. The summed E-state index contributed by atoms with van der Waals surface area (Å²) in [6.07, 6.45) is 7.39. The number of thiocarbonyl (C=S) groups is 1. The van der Waals surface area contributed by atoms with Crippen molar-refractivity contribution in [2.45, 2.75) is 52.5 Å². The molecule has 1 amide bonds. The van der Waals surface area contributed by atoms with E-state index in [4.69, 9.17) is 12.2 Å². The fraction of sp³-hybridized carbons (Fsp3) is 0.500. The number of hydrogen-bond acceptors (Lipinski definition) is 4. The highest BCUT2D eigenvalue weighted by Crippen LogP contribution is 2.37. The molecule has 0 aromatic heterocycles. The summed E-state index contributed by atoms with van der Waals surface area (Å²) in [5.74, 6) is 0.401. The summed E-state index contributed by atoms with van der Waals surface area (Å²) in [4.78, 5) is 22.2. The highest BCUT2D eigenvalue weighted by Gasteiger charge is 2.29. The average Bonchev–Trinajstić information content (AvgIpc) is 2.60. The first-order valence-corrected chi connectivity index (χ1v) is 9.60. The zero-order valence-electron chi connectivity index (χ0n) is 16.0. The van der Waals surface area contributed by atoms with Crippen LogP contribution in [0.4, 0.5) is 5.69 Å². The lowest BCUT2D eigenvalue weighted by Crippen LogP contribution is -2.45. The number of nitro benzene ring substituents is 1. The molecule has 1 aromatic carbocycles. The SMILES string of the molecule is CC(C)(C)C1CCC(NC(=S)NC(=O)/C=C/c2ccc([N+](=O)[O-])cc2)CC1. The Kier molecular flexibility index (Phi) is 7.07. The number of non-ortho nitro benzene ring substituents is 1. The maximum Gasteiger partial charge on any atom is 0.269 e. The van der Waals surface area contributed by atoms with Crippen LogP contribution >= 0.6 is 12.2 Å². The van der Waals surface area contributed by atoms with Crippen LogP contribution in [0.25, 0.3) is 6.08 Å². The van der Waals surface area contributed by atoms with Gasteiger partial charge in [-0.15, -0.1) is 0 Å². The Morgan fingerprint density at radius 2 is 1.78 bits per heavy atom. The number of nitrogens with zero attached hydrogens (tertiary/aromatic N) is 1. The molecule has 6 nitrogen and oxygen atoms in total. The van der Waals surface area contributed by atoms with Crippen molar-refractivity contribution >= 4 is 35.0 Å². The summed E-state index contributed by atoms with van der Waals surface area (Å²) >= 11 is 5.24. The number of amides is 1. The molecule has 2 N–H and O–H groups in total. The average molecular weight is 390 g/mol. The molecule has 1 saturated carbocycles. The van der Waals surface area contributed by atoms with E-state index in [2.05, 4.69) is 31.4 Å². The molecule has 146 valence electrons. The van der Waals surface area contributed by atoms with Crippen LogP contribution in [0, 0.1) is 21.4 Å². The number of nitrogens with one attached hydrogen (secondary N) is 2.